The lowest BCUT2D eigenvalue weighted by Gasteiger charge is -2.35. The predicted octanol–water partition coefficient (Wildman–Crippen LogP) is 1.82. The van der Waals surface area contributed by atoms with E-state index in [1.165, 1.54) is 14.2 Å². The molecule has 29 heavy (non-hydrogen) atoms. The number of piperazine rings is 1. The Kier molecular flexibility index (Phi) is 6.22. The number of nitrogens with zero attached hydrogens (tertiary/aromatic N) is 4. The second-order valence-electron chi connectivity index (χ2n) is 6.66. The first kappa shape index (κ1) is 20.5. The number of benzene rings is 1. The summed E-state index contributed by atoms with van der Waals surface area (Å²) in [4.78, 5) is 24.6. The van der Waals surface area contributed by atoms with Gasteiger partial charge in [-0.15, -0.1) is 12.3 Å². The topological polar surface area (TPSA) is 93.8 Å². The Bertz CT molecular complexity index is 952. The minimum absolute atomic E-state index is 0.0357. The molecule has 1 fully saturated rings. The summed E-state index contributed by atoms with van der Waals surface area (Å²) in [6.45, 7) is 2.12. The first-order chi connectivity index (χ1) is 14.0. The molecule has 0 saturated carbocycles. The lowest BCUT2D eigenvalue weighted by Crippen LogP contribution is -2.49. The van der Waals surface area contributed by atoms with Gasteiger partial charge < -0.3 is 25.0 Å². The number of hydrogen-bond acceptors (Lipinski definition) is 7. The van der Waals surface area contributed by atoms with E-state index in [9.17, 15) is 9.18 Å². The number of nitrogens with two attached hydrogens (primary N) is 1. The lowest BCUT2D eigenvalue weighted by molar-refractivity contribution is -0.131. The van der Waals surface area contributed by atoms with Crippen LogP contribution in [0.2, 0.25) is 0 Å². The molecule has 9 heteroatoms. The Hall–Kier alpha value is -3.28. The molecule has 3 rings (SSSR count). The molecule has 154 valence electrons. The second-order valence-corrected chi connectivity index (χ2v) is 6.66. The third kappa shape index (κ3) is 4.11. The Morgan fingerprint density at radius 3 is 2.62 bits per heavy atom. The van der Waals surface area contributed by atoms with Gasteiger partial charge >= 0.3 is 0 Å². The summed E-state index contributed by atoms with van der Waals surface area (Å²) in [5.41, 5.74) is 6.14. The number of anilines is 2. The molecule has 8 nitrogen and oxygen atoms in total. The van der Waals surface area contributed by atoms with Crippen molar-refractivity contribution >= 4 is 28.6 Å². The molecule has 1 aliphatic heterocycles. The molecule has 2 N–H and O–H groups in total. The third-order valence-corrected chi connectivity index (χ3v) is 4.92. The van der Waals surface area contributed by atoms with Crippen LogP contribution in [0.1, 0.15) is 19.3 Å². The number of terminal acetylenes is 1. The van der Waals surface area contributed by atoms with Crippen molar-refractivity contribution in [1.82, 2.24) is 14.9 Å². The molecule has 1 amide bonds. The zero-order valence-electron chi connectivity index (χ0n) is 16.6. The van der Waals surface area contributed by atoms with Gasteiger partial charge in [0.2, 0.25) is 11.9 Å². The lowest BCUT2D eigenvalue weighted by atomic mass is 10.2. The van der Waals surface area contributed by atoms with E-state index >= 15 is 0 Å². The van der Waals surface area contributed by atoms with Crippen molar-refractivity contribution < 1.29 is 18.7 Å². The van der Waals surface area contributed by atoms with Crippen molar-refractivity contribution in [2.45, 2.75) is 19.3 Å². The van der Waals surface area contributed by atoms with Gasteiger partial charge in [0.1, 0.15) is 11.3 Å². The van der Waals surface area contributed by atoms with E-state index in [1.807, 2.05) is 4.90 Å². The largest absolute Gasteiger partial charge is 0.493 e. The highest BCUT2D eigenvalue weighted by atomic mass is 19.1. The fraction of sp³-hybridized carbons (Fsp3) is 0.450. The van der Waals surface area contributed by atoms with Crippen molar-refractivity contribution in [2.75, 3.05) is 51.0 Å². The minimum atomic E-state index is -0.653. The van der Waals surface area contributed by atoms with Crippen molar-refractivity contribution in [2.24, 2.45) is 0 Å². The van der Waals surface area contributed by atoms with Crippen LogP contribution in [0.3, 0.4) is 0 Å². The number of carbonyl (C=O) groups excluding carboxylic acids is 1. The molecule has 2 aromatic rings. The van der Waals surface area contributed by atoms with Gasteiger partial charge in [0.25, 0.3) is 0 Å². The van der Waals surface area contributed by atoms with Gasteiger partial charge in [-0.1, -0.05) is 0 Å². The smallest absolute Gasteiger partial charge is 0.228 e. The molecule has 1 aliphatic rings. The standard InChI is InChI=1S/C20H24FN5O3/c1-4-5-6-7-15(27)25-8-10-26(11-9-25)20-23-17-13(19(22)24-20)12-14(28-2)18(29-3)16(17)21/h1,12H,5-11H2,2-3H3,(H2,22,23,24). The van der Waals surface area contributed by atoms with Crippen molar-refractivity contribution in [3.63, 3.8) is 0 Å². The summed E-state index contributed by atoms with van der Waals surface area (Å²) in [6.07, 6.45) is 6.94. The van der Waals surface area contributed by atoms with Crippen molar-refractivity contribution in [3.8, 4) is 23.8 Å². The quantitative estimate of drug-likeness (QED) is 0.583. The van der Waals surface area contributed by atoms with Gasteiger partial charge in [-0.05, 0) is 12.5 Å². The predicted molar refractivity (Wildman–Crippen MR) is 108 cm³/mol. The minimum Gasteiger partial charge on any atom is -0.493 e. The van der Waals surface area contributed by atoms with E-state index in [-0.39, 0.29) is 28.7 Å². The summed E-state index contributed by atoms with van der Waals surface area (Å²) in [5.74, 6) is 2.63. The number of ether oxygens (including phenoxy) is 2. The fourth-order valence-corrected chi connectivity index (χ4v) is 3.34. The molecule has 0 unspecified atom stereocenters. The van der Waals surface area contributed by atoms with Gasteiger partial charge in [0.05, 0.1) is 14.2 Å². The highest BCUT2D eigenvalue weighted by molar-refractivity contribution is 5.92. The molecule has 0 bridgehead atoms. The van der Waals surface area contributed by atoms with Crippen LogP contribution in [0.15, 0.2) is 6.07 Å². The summed E-state index contributed by atoms with van der Waals surface area (Å²) < 4.78 is 25.2. The first-order valence-corrected chi connectivity index (χ1v) is 9.34. The number of halogens is 1. The molecule has 0 aliphatic carbocycles. The van der Waals surface area contributed by atoms with E-state index in [4.69, 9.17) is 21.6 Å². The summed E-state index contributed by atoms with van der Waals surface area (Å²) in [5, 5.41) is 0.353. The van der Waals surface area contributed by atoms with Crippen LogP contribution in [0, 0.1) is 18.2 Å². The molecule has 0 spiro atoms. The zero-order valence-corrected chi connectivity index (χ0v) is 16.6. The Morgan fingerprint density at radius 2 is 2.00 bits per heavy atom. The molecule has 1 aromatic heterocycles. The molecule has 1 saturated heterocycles. The molecule has 0 atom stereocenters. The Labute approximate surface area is 168 Å². The second kappa shape index (κ2) is 8.82. The average molecular weight is 401 g/mol. The zero-order chi connectivity index (χ0) is 21.0. The van der Waals surface area contributed by atoms with Crippen LogP contribution in [0.25, 0.3) is 10.9 Å². The van der Waals surface area contributed by atoms with Crippen LogP contribution < -0.4 is 20.1 Å². The fourth-order valence-electron chi connectivity index (χ4n) is 3.34. The number of fused-ring (bicyclic) bond motifs is 1. The van der Waals surface area contributed by atoms with Gasteiger partial charge in [-0.2, -0.15) is 4.98 Å². The normalized spacial score (nSPS) is 14.0. The maximum Gasteiger partial charge on any atom is 0.228 e. The number of hydrogen-bond donors (Lipinski definition) is 1. The summed E-state index contributed by atoms with van der Waals surface area (Å²) in [7, 11) is 2.78. The average Bonchev–Trinajstić information content (AvgIpc) is 2.74. The van der Waals surface area contributed by atoms with Gasteiger partial charge in [-0.3, -0.25) is 4.79 Å². The summed E-state index contributed by atoms with van der Waals surface area (Å²) in [6, 6.07) is 1.56. The number of amides is 1. The third-order valence-electron chi connectivity index (χ3n) is 4.92. The molecular weight excluding hydrogens is 377 g/mol. The number of carbonyl (C=O) groups is 1. The van der Waals surface area contributed by atoms with Crippen molar-refractivity contribution in [3.05, 3.63) is 11.9 Å². The van der Waals surface area contributed by atoms with Crippen LogP contribution >= 0.6 is 0 Å². The number of methoxy groups -OCH3 is 2. The molecule has 1 aromatic carbocycles. The van der Waals surface area contributed by atoms with Gasteiger partial charge in [0, 0.05) is 44.4 Å². The van der Waals surface area contributed by atoms with E-state index < -0.39 is 5.82 Å². The maximum absolute atomic E-state index is 14.9. The number of rotatable bonds is 6. The van der Waals surface area contributed by atoms with Gasteiger partial charge in [0.15, 0.2) is 17.3 Å². The number of aromatic nitrogens is 2. The van der Waals surface area contributed by atoms with E-state index in [0.29, 0.717) is 56.8 Å². The van der Waals surface area contributed by atoms with Crippen molar-refractivity contribution in [1.29, 1.82) is 0 Å². The number of unbranched alkanes of at least 4 members (excludes halogenated alkanes) is 1. The first-order valence-electron chi connectivity index (χ1n) is 9.34. The highest BCUT2D eigenvalue weighted by Gasteiger charge is 2.25. The number of nitrogen functional groups attached to an aromatic ring is 1. The molecule has 2 heterocycles. The van der Waals surface area contributed by atoms with E-state index in [1.54, 1.807) is 11.0 Å². The van der Waals surface area contributed by atoms with Crippen LogP contribution in [0.4, 0.5) is 16.2 Å². The van der Waals surface area contributed by atoms with Gasteiger partial charge in [-0.25, -0.2) is 9.37 Å². The summed E-state index contributed by atoms with van der Waals surface area (Å²) >= 11 is 0. The Morgan fingerprint density at radius 1 is 1.28 bits per heavy atom. The van der Waals surface area contributed by atoms with E-state index in [2.05, 4.69) is 15.9 Å². The molecule has 0 radical (unpaired) electrons. The van der Waals surface area contributed by atoms with E-state index in [0.717, 1.165) is 0 Å². The van der Waals surface area contributed by atoms with Crippen LogP contribution in [-0.2, 0) is 4.79 Å². The monoisotopic (exact) mass is 401 g/mol. The Balaban J connectivity index is 1.80. The highest BCUT2D eigenvalue weighted by Crippen LogP contribution is 2.37. The maximum atomic E-state index is 14.9. The van der Waals surface area contributed by atoms with Crippen LogP contribution in [-0.4, -0.2) is 61.2 Å². The molecular formula is C20H24FN5O3. The SMILES string of the molecule is C#CCCCC(=O)N1CCN(c2nc(N)c3cc(OC)c(OC)c(F)c3n2)CC1. The van der Waals surface area contributed by atoms with Crippen LogP contribution in [0.5, 0.6) is 11.5 Å².